The fourth-order valence-corrected chi connectivity index (χ4v) is 1.91. The molecule has 0 aliphatic carbocycles. The van der Waals surface area contributed by atoms with Crippen molar-refractivity contribution in [3.63, 3.8) is 0 Å². The highest BCUT2D eigenvalue weighted by Crippen LogP contribution is 2.30. The fraction of sp³-hybridized carbons (Fsp3) is 0.294. The van der Waals surface area contributed by atoms with Crippen LogP contribution in [0.2, 0.25) is 0 Å². The first-order valence-corrected chi connectivity index (χ1v) is 7.69. The van der Waals surface area contributed by atoms with Gasteiger partial charge in [0.05, 0.1) is 11.8 Å². The summed E-state index contributed by atoms with van der Waals surface area (Å²) in [6, 6.07) is 6.02. The summed E-state index contributed by atoms with van der Waals surface area (Å²) < 4.78 is 42.8. The molecule has 0 fully saturated rings. The van der Waals surface area contributed by atoms with E-state index in [9.17, 15) is 23.2 Å². The van der Waals surface area contributed by atoms with Crippen LogP contribution in [-0.2, 0) is 10.9 Å². The van der Waals surface area contributed by atoms with Crippen LogP contribution >= 0.6 is 0 Å². The van der Waals surface area contributed by atoms with Gasteiger partial charge in [0.25, 0.3) is 0 Å². The maximum atomic E-state index is 12.6. The Bertz CT molecular complexity index is 868. The average molecular weight is 379 g/mol. The Kier molecular flexibility index (Phi) is 5.54. The Labute approximate surface area is 153 Å². The third-order valence-corrected chi connectivity index (χ3v) is 2.98. The normalized spacial score (nSPS) is 11.4. The summed E-state index contributed by atoms with van der Waals surface area (Å²) in [5.41, 5.74) is -1.36. The maximum absolute atomic E-state index is 12.6. The molecular formula is C17H16F3N5O2. The lowest BCUT2D eigenvalue weighted by Gasteiger charge is -2.19. The van der Waals surface area contributed by atoms with Crippen molar-refractivity contribution in [3.05, 3.63) is 41.7 Å². The Morgan fingerprint density at radius 3 is 2.33 bits per heavy atom. The molecule has 1 heterocycles. The summed E-state index contributed by atoms with van der Waals surface area (Å²) in [6.07, 6.45) is -4.01. The molecule has 7 nitrogen and oxygen atoms in total. The molecule has 0 atom stereocenters. The summed E-state index contributed by atoms with van der Waals surface area (Å²) >= 11 is 0. The topological polar surface area (TPSA) is 99.9 Å². The summed E-state index contributed by atoms with van der Waals surface area (Å²) in [7, 11) is 0. The van der Waals surface area contributed by atoms with Gasteiger partial charge in [0.15, 0.2) is 17.3 Å². The molecule has 0 bridgehead atoms. The largest absolute Gasteiger partial charge is 0.444 e. The zero-order valence-electron chi connectivity index (χ0n) is 14.7. The third kappa shape index (κ3) is 5.85. The van der Waals surface area contributed by atoms with E-state index in [0.29, 0.717) is 5.69 Å². The van der Waals surface area contributed by atoms with Crippen LogP contribution < -0.4 is 10.6 Å². The van der Waals surface area contributed by atoms with E-state index in [2.05, 4.69) is 20.6 Å². The summed E-state index contributed by atoms with van der Waals surface area (Å²) in [5, 5.41) is 14.3. The Hall–Kier alpha value is -3.35. The fourth-order valence-electron chi connectivity index (χ4n) is 1.91. The van der Waals surface area contributed by atoms with Crippen LogP contribution in [0.3, 0.4) is 0 Å². The number of carbonyl (C=O) groups is 1. The molecule has 0 saturated heterocycles. The van der Waals surface area contributed by atoms with Gasteiger partial charge in [0, 0.05) is 5.69 Å². The van der Waals surface area contributed by atoms with Crippen LogP contribution in [0.15, 0.2) is 30.5 Å². The molecule has 2 rings (SSSR count). The lowest BCUT2D eigenvalue weighted by Crippen LogP contribution is -2.27. The van der Waals surface area contributed by atoms with Gasteiger partial charge in [-0.05, 0) is 45.0 Å². The van der Waals surface area contributed by atoms with Crippen LogP contribution in [0.25, 0.3) is 0 Å². The molecule has 0 radical (unpaired) electrons. The predicted octanol–water partition coefficient (Wildman–Crippen LogP) is 4.46. The number of aromatic nitrogens is 2. The van der Waals surface area contributed by atoms with Crippen LogP contribution in [0, 0.1) is 11.3 Å². The number of nitriles is 1. The molecule has 27 heavy (non-hydrogen) atoms. The quantitative estimate of drug-likeness (QED) is 0.817. The highest BCUT2D eigenvalue weighted by Gasteiger charge is 2.30. The van der Waals surface area contributed by atoms with Gasteiger partial charge < -0.3 is 10.1 Å². The molecule has 1 amide bonds. The van der Waals surface area contributed by atoms with Crippen molar-refractivity contribution >= 4 is 23.4 Å². The number of alkyl halides is 3. The van der Waals surface area contributed by atoms with Crippen LogP contribution in [-0.4, -0.2) is 21.7 Å². The molecule has 2 N–H and O–H groups in total. The number of hydrogen-bond acceptors (Lipinski definition) is 6. The van der Waals surface area contributed by atoms with E-state index in [-0.39, 0.29) is 17.3 Å². The molecule has 0 spiro atoms. The van der Waals surface area contributed by atoms with Crippen molar-refractivity contribution in [2.45, 2.75) is 32.5 Å². The van der Waals surface area contributed by atoms with E-state index in [1.54, 1.807) is 26.8 Å². The summed E-state index contributed by atoms with van der Waals surface area (Å²) in [6.45, 7) is 5.07. The highest BCUT2D eigenvalue weighted by molar-refractivity contribution is 5.83. The van der Waals surface area contributed by atoms with Gasteiger partial charge in [0.2, 0.25) is 0 Å². The molecule has 2 aromatic rings. The smallest absolute Gasteiger partial charge is 0.416 e. The molecule has 1 aromatic heterocycles. The standard InChI is InChI=1S/C17H16F3N5O2/c1-16(2,3)27-15(26)25-13-9-22-14(12(8-21)24-13)23-11-6-4-10(5-7-11)17(18,19)20/h4-7,9H,1-3H3,(H,22,23)(H,24,25,26). The third-order valence-electron chi connectivity index (χ3n) is 2.98. The number of anilines is 3. The summed E-state index contributed by atoms with van der Waals surface area (Å²) in [4.78, 5) is 19.6. The number of nitrogens with zero attached hydrogens (tertiary/aromatic N) is 3. The molecule has 0 unspecified atom stereocenters. The number of hydrogen-bond donors (Lipinski definition) is 2. The van der Waals surface area contributed by atoms with Crippen molar-refractivity contribution in [2.24, 2.45) is 0 Å². The first-order valence-electron chi connectivity index (χ1n) is 7.69. The van der Waals surface area contributed by atoms with E-state index < -0.39 is 23.4 Å². The maximum Gasteiger partial charge on any atom is 0.416 e. The predicted molar refractivity (Wildman–Crippen MR) is 91.3 cm³/mol. The van der Waals surface area contributed by atoms with Gasteiger partial charge in [0.1, 0.15) is 11.7 Å². The first-order chi connectivity index (χ1) is 12.5. The lowest BCUT2D eigenvalue weighted by atomic mass is 10.2. The molecule has 0 aliphatic heterocycles. The summed E-state index contributed by atoms with van der Waals surface area (Å²) in [5.74, 6) is 0.0331. The molecule has 0 saturated carbocycles. The SMILES string of the molecule is CC(C)(C)OC(=O)Nc1cnc(Nc2ccc(C(F)(F)F)cc2)c(C#N)n1. The van der Waals surface area contributed by atoms with Crippen molar-refractivity contribution in [3.8, 4) is 6.07 Å². The zero-order valence-corrected chi connectivity index (χ0v) is 14.7. The van der Waals surface area contributed by atoms with Crippen molar-refractivity contribution in [1.82, 2.24) is 9.97 Å². The van der Waals surface area contributed by atoms with Gasteiger partial charge in [-0.3, -0.25) is 5.32 Å². The number of halogens is 3. The second-order valence-electron chi connectivity index (χ2n) is 6.39. The minimum absolute atomic E-state index is 0.00114. The van der Waals surface area contributed by atoms with Crippen LogP contribution in [0.4, 0.5) is 35.3 Å². The van der Waals surface area contributed by atoms with Crippen molar-refractivity contribution < 1.29 is 22.7 Å². The first kappa shape index (κ1) is 20.0. The lowest BCUT2D eigenvalue weighted by molar-refractivity contribution is -0.137. The molecule has 1 aromatic carbocycles. The van der Waals surface area contributed by atoms with Crippen LogP contribution in [0.1, 0.15) is 32.0 Å². The number of nitrogens with one attached hydrogen (secondary N) is 2. The average Bonchev–Trinajstić information content (AvgIpc) is 2.54. The zero-order chi connectivity index (χ0) is 20.2. The number of amides is 1. The second kappa shape index (κ2) is 7.49. The van der Waals surface area contributed by atoms with E-state index in [0.717, 1.165) is 12.1 Å². The van der Waals surface area contributed by atoms with Gasteiger partial charge >= 0.3 is 12.3 Å². The van der Waals surface area contributed by atoms with Gasteiger partial charge in [-0.25, -0.2) is 14.8 Å². The van der Waals surface area contributed by atoms with Crippen molar-refractivity contribution in [1.29, 1.82) is 5.26 Å². The minimum Gasteiger partial charge on any atom is -0.444 e. The highest BCUT2D eigenvalue weighted by atomic mass is 19.4. The van der Waals surface area contributed by atoms with Gasteiger partial charge in [-0.2, -0.15) is 18.4 Å². The molecule has 142 valence electrons. The Balaban J connectivity index is 2.15. The minimum atomic E-state index is -4.44. The monoisotopic (exact) mass is 379 g/mol. The number of benzene rings is 1. The van der Waals surface area contributed by atoms with Crippen molar-refractivity contribution in [2.75, 3.05) is 10.6 Å². The van der Waals surface area contributed by atoms with E-state index >= 15 is 0 Å². The molecule has 0 aliphatic rings. The molecular weight excluding hydrogens is 363 g/mol. The number of rotatable bonds is 3. The van der Waals surface area contributed by atoms with E-state index in [1.807, 2.05) is 0 Å². The van der Waals surface area contributed by atoms with E-state index in [4.69, 9.17) is 4.74 Å². The van der Waals surface area contributed by atoms with E-state index in [1.165, 1.54) is 18.3 Å². The Morgan fingerprint density at radius 2 is 1.81 bits per heavy atom. The van der Waals surface area contributed by atoms with Gasteiger partial charge in [-0.1, -0.05) is 0 Å². The van der Waals surface area contributed by atoms with Crippen LogP contribution in [0.5, 0.6) is 0 Å². The second-order valence-corrected chi connectivity index (χ2v) is 6.39. The number of carbonyl (C=O) groups excluding carboxylic acids is 1. The molecule has 10 heteroatoms. The Morgan fingerprint density at radius 1 is 1.19 bits per heavy atom. The van der Waals surface area contributed by atoms with Gasteiger partial charge in [-0.15, -0.1) is 0 Å². The number of ether oxygens (including phenoxy) is 1.